The number of aromatic nitrogens is 1. The standard InChI is InChI=1S/C9H12N3/c1-9(10)6-12(7-9)8-3-2-4-11-5-8/h2-4H,6-7,10H2,1H3. The molecule has 0 aromatic carbocycles. The highest BCUT2D eigenvalue weighted by atomic mass is 15.2. The van der Waals surface area contributed by atoms with Crippen molar-refractivity contribution >= 4 is 5.69 Å². The number of hydrogen-bond acceptors (Lipinski definition) is 3. The molecule has 0 unspecified atom stereocenters. The van der Waals surface area contributed by atoms with E-state index in [2.05, 4.69) is 23.0 Å². The first-order valence-electron chi connectivity index (χ1n) is 4.04. The highest BCUT2D eigenvalue weighted by Crippen LogP contribution is 2.23. The van der Waals surface area contributed by atoms with E-state index in [0.29, 0.717) is 0 Å². The van der Waals surface area contributed by atoms with Gasteiger partial charge in [0.05, 0.1) is 5.69 Å². The van der Waals surface area contributed by atoms with Gasteiger partial charge in [-0.25, -0.2) is 0 Å². The molecule has 3 nitrogen and oxygen atoms in total. The first-order valence-corrected chi connectivity index (χ1v) is 4.04. The van der Waals surface area contributed by atoms with Gasteiger partial charge in [0.15, 0.2) is 0 Å². The summed E-state index contributed by atoms with van der Waals surface area (Å²) in [7, 11) is 0. The van der Waals surface area contributed by atoms with E-state index in [1.807, 2.05) is 12.1 Å². The van der Waals surface area contributed by atoms with Crippen molar-refractivity contribution in [2.75, 3.05) is 18.0 Å². The Morgan fingerprint density at radius 1 is 1.67 bits per heavy atom. The third-order valence-electron chi connectivity index (χ3n) is 2.04. The minimum Gasteiger partial charge on any atom is -0.366 e. The highest BCUT2D eigenvalue weighted by Gasteiger charge is 2.34. The molecule has 2 heterocycles. The maximum absolute atomic E-state index is 5.87. The van der Waals surface area contributed by atoms with E-state index in [1.165, 1.54) is 0 Å². The van der Waals surface area contributed by atoms with Gasteiger partial charge in [-0.15, -0.1) is 0 Å². The zero-order valence-electron chi connectivity index (χ0n) is 7.12. The van der Waals surface area contributed by atoms with Crippen molar-refractivity contribution in [2.45, 2.75) is 12.5 Å². The van der Waals surface area contributed by atoms with E-state index in [4.69, 9.17) is 5.73 Å². The molecule has 1 aromatic heterocycles. The molecule has 12 heavy (non-hydrogen) atoms. The van der Waals surface area contributed by atoms with Gasteiger partial charge in [0.2, 0.25) is 0 Å². The predicted molar refractivity (Wildman–Crippen MR) is 47.9 cm³/mol. The summed E-state index contributed by atoms with van der Waals surface area (Å²) >= 11 is 0. The average molecular weight is 162 g/mol. The van der Waals surface area contributed by atoms with Crippen LogP contribution in [0.1, 0.15) is 6.92 Å². The van der Waals surface area contributed by atoms with Gasteiger partial charge in [0, 0.05) is 24.8 Å². The molecule has 0 aliphatic carbocycles. The molecule has 0 saturated carbocycles. The summed E-state index contributed by atoms with van der Waals surface area (Å²) in [6.07, 6.45) is 4.66. The normalized spacial score (nSPS) is 20.3. The van der Waals surface area contributed by atoms with Crippen LogP contribution in [-0.4, -0.2) is 23.6 Å². The van der Waals surface area contributed by atoms with Gasteiger partial charge in [-0.1, -0.05) is 0 Å². The number of hydrogen-bond donors (Lipinski definition) is 1. The molecule has 0 atom stereocenters. The number of nitrogens with two attached hydrogens (primary N) is 1. The van der Waals surface area contributed by atoms with Crippen molar-refractivity contribution < 1.29 is 0 Å². The fraction of sp³-hybridized carbons (Fsp3) is 0.444. The van der Waals surface area contributed by atoms with Gasteiger partial charge in [0.25, 0.3) is 0 Å². The second-order valence-corrected chi connectivity index (χ2v) is 3.64. The first-order chi connectivity index (χ1) is 5.67. The second kappa shape index (κ2) is 2.45. The van der Waals surface area contributed by atoms with E-state index >= 15 is 0 Å². The molecule has 0 spiro atoms. The van der Waals surface area contributed by atoms with Gasteiger partial charge in [-0.05, 0) is 19.1 Å². The summed E-state index contributed by atoms with van der Waals surface area (Å²) in [4.78, 5) is 6.10. The van der Waals surface area contributed by atoms with Gasteiger partial charge >= 0.3 is 0 Å². The van der Waals surface area contributed by atoms with Crippen LogP contribution in [0.4, 0.5) is 5.69 Å². The van der Waals surface area contributed by atoms with Crippen LogP contribution in [0.15, 0.2) is 18.3 Å². The fourth-order valence-corrected chi connectivity index (χ4v) is 1.49. The third-order valence-corrected chi connectivity index (χ3v) is 2.04. The molecule has 3 heteroatoms. The molecule has 0 bridgehead atoms. The Hall–Kier alpha value is -1.09. The minimum absolute atomic E-state index is 0.0241. The third kappa shape index (κ3) is 1.28. The Bertz CT molecular complexity index is 260. The average Bonchev–Trinajstić information content (AvgIpc) is 2.02. The monoisotopic (exact) mass is 162 g/mol. The Morgan fingerprint density at radius 3 is 2.92 bits per heavy atom. The maximum Gasteiger partial charge on any atom is 0.114 e. The summed E-state index contributed by atoms with van der Waals surface area (Å²) in [5.41, 5.74) is 6.89. The summed E-state index contributed by atoms with van der Waals surface area (Å²) in [6, 6.07) is 3.92. The molecular weight excluding hydrogens is 150 g/mol. The smallest absolute Gasteiger partial charge is 0.114 e. The van der Waals surface area contributed by atoms with Crippen LogP contribution in [0, 0.1) is 6.20 Å². The van der Waals surface area contributed by atoms with Crippen LogP contribution in [0.5, 0.6) is 0 Å². The molecule has 2 N–H and O–H groups in total. The number of pyridine rings is 1. The van der Waals surface area contributed by atoms with Crippen LogP contribution in [0.25, 0.3) is 0 Å². The number of nitrogens with zero attached hydrogens (tertiary/aromatic N) is 2. The highest BCUT2D eigenvalue weighted by molar-refractivity contribution is 5.47. The van der Waals surface area contributed by atoms with E-state index in [-0.39, 0.29) is 5.54 Å². The molecule has 1 aromatic rings. The van der Waals surface area contributed by atoms with Crippen LogP contribution in [0.2, 0.25) is 0 Å². The van der Waals surface area contributed by atoms with Gasteiger partial charge in [-0.3, -0.25) is 4.98 Å². The Balaban J connectivity index is 2.06. The lowest BCUT2D eigenvalue weighted by atomic mass is 9.93. The van der Waals surface area contributed by atoms with Crippen molar-refractivity contribution in [3.05, 3.63) is 24.5 Å². The molecule has 63 valence electrons. The largest absolute Gasteiger partial charge is 0.366 e. The van der Waals surface area contributed by atoms with Gasteiger partial charge in [-0.2, -0.15) is 0 Å². The molecule has 1 aliphatic rings. The van der Waals surface area contributed by atoms with Crippen LogP contribution < -0.4 is 10.6 Å². The van der Waals surface area contributed by atoms with Crippen molar-refractivity contribution in [3.63, 3.8) is 0 Å². The zero-order valence-corrected chi connectivity index (χ0v) is 7.12. The fourth-order valence-electron chi connectivity index (χ4n) is 1.49. The molecular formula is C9H12N3. The van der Waals surface area contributed by atoms with E-state index in [1.54, 1.807) is 6.20 Å². The first kappa shape index (κ1) is 7.55. The van der Waals surface area contributed by atoms with Crippen LogP contribution >= 0.6 is 0 Å². The molecule has 0 amide bonds. The van der Waals surface area contributed by atoms with Gasteiger partial charge < -0.3 is 10.6 Å². The molecule has 1 fully saturated rings. The molecule has 1 radical (unpaired) electrons. The van der Waals surface area contributed by atoms with Crippen molar-refractivity contribution in [3.8, 4) is 0 Å². The molecule has 1 saturated heterocycles. The summed E-state index contributed by atoms with van der Waals surface area (Å²) in [5, 5.41) is 0. The molecule has 2 rings (SSSR count). The quantitative estimate of drug-likeness (QED) is 0.650. The summed E-state index contributed by atoms with van der Waals surface area (Å²) < 4.78 is 0. The molecule has 1 aliphatic heterocycles. The Morgan fingerprint density at radius 2 is 2.42 bits per heavy atom. The van der Waals surface area contributed by atoms with Crippen molar-refractivity contribution in [2.24, 2.45) is 5.73 Å². The van der Waals surface area contributed by atoms with Crippen LogP contribution in [-0.2, 0) is 0 Å². The lowest BCUT2D eigenvalue weighted by Crippen LogP contribution is -2.65. The Kier molecular flexibility index (Phi) is 1.54. The topological polar surface area (TPSA) is 42.1 Å². The number of rotatable bonds is 1. The zero-order chi connectivity index (χ0) is 8.60. The second-order valence-electron chi connectivity index (χ2n) is 3.64. The summed E-state index contributed by atoms with van der Waals surface area (Å²) in [5.74, 6) is 0. The summed E-state index contributed by atoms with van der Waals surface area (Å²) in [6.45, 7) is 3.85. The van der Waals surface area contributed by atoms with Gasteiger partial charge in [0.1, 0.15) is 6.20 Å². The Labute approximate surface area is 72.2 Å². The minimum atomic E-state index is -0.0241. The maximum atomic E-state index is 5.87. The van der Waals surface area contributed by atoms with E-state index < -0.39 is 0 Å². The lowest BCUT2D eigenvalue weighted by Gasteiger charge is -2.46. The van der Waals surface area contributed by atoms with E-state index in [0.717, 1.165) is 18.8 Å². The number of anilines is 1. The van der Waals surface area contributed by atoms with Crippen molar-refractivity contribution in [1.29, 1.82) is 0 Å². The predicted octanol–water partition coefficient (Wildman–Crippen LogP) is 0.419. The lowest BCUT2D eigenvalue weighted by molar-refractivity contribution is 0.365. The van der Waals surface area contributed by atoms with Crippen molar-refractivity contribution in [1.82, 2.24) is 4.98 Å². The van der Waals surface area contributed by atoms with Crippen LogP contribution in [0.3, 0.4) is 0 Å². The SMILES string of the molecule is CC1(N)CN(c2[c]nccc2)C1. The van der Waals surface area contributed by atoms with E-state index in [9.17, 15) is 0 Å².